The van der Waals surface area contributed by atoms with Crippen molar-refractivity contribution in [1.29, 1.82) is 0 Å². The van der Waals surface area contributed by atoms with Gasteiger partial charge in [0, 0.05) is 6.20 Å². The molecule has 2 heterocycles. The lowest BCUT2D eigenvalue weighted by Gasteiger charge is -2.07. The lowest BCUT2D eigenvalue weighted by Crippen LogP contribution is -1.99. The highest BCUT2D eigenvalue weighted by Crippen LogP contribution is 2.26. The monoisotopic (exact) mass is 256 g/mol. The molecule has 0 aliphatic rings. The Hall–Kier alpha value is -2.20. The Morgan fingerprint density at radius 2 is 1.89 bits per heavy atom. The van der Waals surface area contributed by atoms with Gasteiger partial charge in [0.25, 0.3) is 0 Å². The summed E-state index contributed by atoms with van der Waals surface area (Å²) in [5.74, 6) is 0. The number of rotatable bonds is 2. The molecule has 5 heteroatoms. The van der Waals surface area contributed by atoms with Gasteiger partial charge in [-0.05, 0) is 18.2 Å². The molecule has 0 radical (unpaired) electrons. The van der Waals surface area contributed by atoms with Gasteiger partial charge in [-0.15, -0.1) is 0 Å². The maximum Gasteiger partial charge on any atom is 0.141 e. The molecule has 0 aliphatic carbocycles. The van der Waals surface area contributed by atoms with Gasteiger partial charge in [0.15, 0.2) is 0 Å². The third-order valence-corrected chi connectivity index (χ3v) is 2.88. The molecular formula is C13H9ClN4. The van der Waals surface area contributed by atoms with Gasteiger partial charge in [-0.3, -0.25) is 0 Å². The van der Waals surface area contributed by atoms with Crippen molar-refractivity contribution in [2.75, 3.05) is 0 Å². The van der Waals surface area contributed by atoms with Crippen LogP contribution in [-0.4, -0.2) is 19.7 Å². The molecule has 2 aromatic heterocycles. The predicted molar refractivity (Wildman–Crippen MR) is 69.6 cm³/mol. The Balaban J connectivity index is 2.16. The second-order valence-electron chi connectivity index (χ2n) is 3.69. The smallest absolute Gasteiger partial charge is 0.141 e. The minimum atomic E-state index is 0.419. The Morgan fingerprint density at radius 3 is 2.67 bits per heavy atom. The third kappa shape index (κ3) is 1.87. The molecular weight excluding hydrogens is 248 g/mol. The number of aromatic nitrogens is 4. The number of nitrogens with zero attached hydrogens (tertiary/aromatic N) is 4. The summed E-state index contributed by atoms with van der Waals surface area (Å²) < 4.78 is 1.81. The minimum Gasteiger partial charge on any atom is -0.244 e. The standard InChI is InChI=1S/C13H9ClN4/c14-13-11(8-15-9-16-13)12-6-7-17-18(12)10-4-2-1-3-5-10/h1-9H. The van der Waals surface area contributed by atoms with Crippen molar-refractivity contribution in [3.8, 4) is 16.9 Å². The predicted octanol–water partition coefficient (Wildman–Crippen LogP) is 2.98. The summed E-state index contributed by atoms with van der Waals surface area (Å²) in [6, 6.07) is 11.7. The number of halogens is 1. The van der Waals surface area contributed by atoms with E-state index in [4.69, 9.17) is 11.6 Å². The van der Waals surface area contributed by atoms with E-state index < -0.39 is 0 Å². The van der Waals surface area contributed by atoms with E-state index in [1.54, 1.807) is 12.4 Å². The van der Waals surface area contributed by atoms with Crippen LogP contribution in [0.3, 0.4) is 0 Å². The highest BCUT2D eigenvalue weighted by Gasteiger charge is 2.11. The molecule has 0 spiro atoms. The maximum atomic E-state index is 6.08. The van der Waals surface area contributed by atoms with Crippen molar-refractivity contribution < 1.29 is 0 Å². The Kier molecular flexibility index (Phi) is 2.78. The van der Waals surface area contributed by atoms with Gasteiger partial charge in [-0.1, -0.05) is 29.8 Å². The first-order valence-electron chi connectivity index (χ1n) is 5.41. The van der Waals surface area contributed by atoms with E-state index in [0.29, 0.717) is 5.15 Å². The molecule has 0 unspecified atom stereocenters. The van der Waals surface area contributed by atoms with Crippen LogP contribution in [0.15, 0.2) is 55.1 Å². The zero-order valence-corrected chi connectivity index (χ0v) is 10.1. The molecule has 0 saturated carbocycles. The van der Waals surface area contributed by atoms with Crippen LogP contribution in [0, 0.1) is 0 Å². The average Bonchev–Trinajstić information content (AvgIpc) is 2.89. The first-order chi connectivity index (χ1) is 8.86. The fraction of sp³-hybridized carbons (Fsp3) is 0. The highest BCUT2D eigenvalue weighted by atomic mass is 35.5. The van der Waals surface area contributed by atoms with Gasteiger partial charge in [0.05, 0.1) is 23.1 Å². The highest BCUT2D eigenvalue weighted by molar-refractivity contribution is 6.31. The Labute approximate surface area is 109 Å². The first-order valence-corrected chi connectivity index (χ1v) is 5.79. The SMILES string of the molecule is Clc1ncncc1-c1ccnn1-c1ccccc1. The number of hydrogen-bond acceptors (Lipinski definition) is 3. The minimum absolute atomic E-state index is 0.419. The van der Waals surface area contributed by atoms with Gasteiger partial charge in [-0.2, -0.15) is 5.10 Å². The summed E-state index contributed by atoms with van der Waals surface area (Å²) >= 11 is 6.08. The zero-order valence-electron chi connectivity index (χ0n) is 9.36. The van der Waals surface area contributed by atoms with Crippen LogP contribution in [0.1, 0.15) is 0 Å². The van der Waals surface area contributed by atoms with Crippen molar-refractivity contribution in [1.82, 2.24) is 19.7 Å². The van der Waals surface area contributed by atoms with Crippen LogP contribution in [-0.2, 0) is 0 Å². The second kappa shape index (κ2) is 4.58. The summed E-state index contributed by atoms with van der Waals surface area (Å²) in [6.07, 6.45) is 4.84. The van der Waals surface area contributed by atoms with E-state index in [-0.39, 0.29) is 0 Å². The van der Waals surface area contributed by atoms with Crippen molar-refractivity contribution >= 4 is 11.6 Å². The molecule has 1 aromatic carbocycles. The van der Waals surface area contributed by atoms with Crippen LogP contribution in [0.2, 0.25) is 5.15 Å². The molecule has 3 rings (SSSR count). The van der Waals surface area contributed by atoms with Gasteiger partial charge in [-0.25, -0.2) is 14.6 Å². The summed E-state index contributed by atoms with van der Waals surface area (Å²) in [7, 11) is 0. The molecule has 0 N–H and O–H groups in total. The number of hydrogen-bond donors (Lipinski definition) is 0. The average molecular weight is 257 g/mol. The second-order valence-corrected chi connectivity index (χ2v) is 4.05. The zero-order chi connectivity index (χ0) is 12.4. The van der Waals surface area contributed by atoms with E-state index in [1.165, 1.54) is 6.33 Å². The Morgan fingerprint density at radius 1 is 1.06 bits per heavy atom. The lowest BCUT2D eigenvalue weighted by atomic mass is 10.2. The summed E-state index contributed by atoms with van der Waals surface area (Å²) in [4.78, 5) is 7.98. The fourth-order valence-electron chi connectivity index (χ4n) is 1.77. The van der Waals surface area contributed by atoms with Crippen LogP contribution < -0.4 is 0 Å². The van der Waals surface area contributed by atoms with E-state index >= 15 is 0 Å². The fourth-order valence-corrected chi connectivity index (χ4v) is 1.96. The van der Waals surface area contributed by atoms with Crippen molar-refractivity contribution in [3.63, 3.8) is 0 Å². The first kappa shape index (κ1) is 10.9. The molecule has 0 fully saturated rings. The van der Waals surface area contributed by atoms with E-state index in [1.807, 2.05) is 41.1 Å². The molecule has 3 aromatic rings. The van der Waals surface area contributed by atoms with E-state index in [0.717, 1.165) is 16.9 Å². The van der Waals surface area contributed by atoms with Gasteiger partial charge in [0.2, 0.25) is 0 Å². The molecule has 0 amide bonds. The van der Waals surface area contributed by atoms with Crippen LogP contribution in [0.5, 0.6) is 0 Å². The number of benzene rings is 1. The van der Waals surface area contributed by atoms with Crippen molar-refractivity contribution in [3.05, 3.63) is 60.3 Å². The van der Waals surface area contributed by atoms with E-state index in [9.17, 15) is 0 Å². The molecule has 0 saturated heterocycles. The number of para-hydroxylation sites is 1. The molecule has 18 heavy (non-hydrogen) atoms. The molecule has 0 bridgehead atoms. The molecule has 4 nitrogen and oxygen atoms in total. The van der Waals surface area contributed by atoms with E-state index in [2.05, 4.69) is 15.1 Å². The topological polar surface area (TPSA) is 43.6 Å². The third-order valence-electron chi connectivity index (χ3n) is 2.58. The van der Waals surface area contributed by atoms with Crippen molar-refractivity contribution in [2.24, 2.45) is 0 Å². The van der Waals surface area contributed by atoms with Gasteiger partial charge in [0.1, 0.15) is 11.5 Å². The lowest BCUT2D eigenvalue weighted by molar-refractivity contribution is 0.886. The van der Waals surface area contributed by atoms with Gasteiger partial charge >= 0.3 is 0 Å². The summed E-state index contributed by atoms with van der Waals surface area (Å²) in [5.41, 5.74) is 2.60. The molecule has 0 aliphatic heterocycles. The maximum absolute atomic E-state index is 6.08. The largest absolute Gasteiger partial charge is 0.244 e. The molecule has 88 valence electrons. The Bertz CT molecular complexity index is 664. The van der Waals surface area contributed by atoms with Crippen LogP contribution in [0.4, 0.5) is 0 Å². The summed E-state index contributed by atoms with van der Waals surface area (Å²) in [6.45, 7) is 0. The van der Waals surface area contributed by atoms with Gasteiger partial charge < -0.3 is 0 Å². The van der Waals surface area contributed by atoms with Crippen LogP contribution in [0.25, 0.3) is 16.9 Å². The quantitative estimate of drug-likeness (QED) is 0.662. The van der Waals surface area contributed by atoms with Crippen LogP contribution >= 0.6 is 11.6 Å². The molecule has 0 atom stereocenters. The normalized spacial score (nSPS) is 10.5. The summed E-state index contributed by atoms with van der Waals surface area (Å²) in [5, 5.41) is 4.73. The van der Waals surface area contributed by atoms with Crippen molar-refractivity contribution in [2.45, 2.75) is 0 Å².